The van der Waals surface area contributed by atoms with Crippen LogP contribution in [0.1, 0.15) is 22.3 Å². The summed E-state index contributed by atoms with van der Waals surface area (Å²) < 4.78 is 13.5. The lowest BCUT2D eigenvalue weighted by atomic mass is 9.65. The van der Waals surface area contributed by atoms with Gasteiger partial charge in [0, 0.05) is 54.9 Å². The molecule has 0 unspecified atom stereocenters. The van der Waals surface area contributed by atoms with E-state index >= 15 is 0 Å². The number of hydrogen-bond donors (Lipinski definition) is 0. The highest BCUT2D eigenvalue weighted by atomic mass is 16.5. The fourth-order valence-electron chi connectivity index (χ4n) is 11.6. The van der Waals surface area contributed by atoms with Gasteiger partial charge in [-0.1, -0.05) is 188 Å². The second-order valence-corrected chi connectivity index (χ2v) is 18.6. The molecule has 1 spiro atoms. The molecule has 3 aromatic heterocycles. The zero-order chi connectivity index (χ0) is 46.6. The van der Waals surface area contributed by atoms with Gasteiger partial charge in [0.05, 0.1) is 28.0 Å². The number of para-hydroxylation sites is 4. The van der Waals surface area contributed by atoms with Crippen molar-refractivity contribution in [2.45, 2.75) is 5.41 Å². The maximum atomic E-state index is 7.00. The van der Waals surface area contributed by atoms with Crippen molar-refractivity contribution in [2.24, 2.45) is 0 Å². The SMILES string of the molecule is c1ccc(-c2nc(-c3ccc(-c4cccc(-c5nc6ccccc6c6cc7c(cc56)Oc5ccccc5C75c6ccccc6-c6ccccc65)c4)cc3)cc(-c3cccc4c3oc3ccccc34)n2)cc1. The Hall–Kier alpha value is -9.45. The minimum Gasteiger partial charge on any atom is -0.457 e. The van der Waals surface area contributed by atoms with Crippen LogP contribution in [0.25, 0.3) is 111 Å². The van der Waals surface area contributed by atoms with Crippen molar-refractivity contribution in [3.8, 4) is 78.9 Å². The van der Waals surface area contributed by atoms with Crippen molar-refractivity contribution in [2.75, 3.05) is 0 Å². The van der Waals surface area contributed by atoms with E-state index in [4.69, 9.17) is 24.1 Å². The van der Waals surface area contributed by atoms with Crippen LogP contribution in [0.15, 0.2) is 241 Å². The molecule has 1 aliphatic heterocycles. The molecule has 0 bridgehead atoms. The summed E-state index contributed by atoms with van der Waals surface area (Å²) in [6.07, 6.45) is 0. The van der Waals surface area contributed by atoms with Gasteiger partial charge in [-0.3, -0.25) is 0 Å². The number of aromatic nitrogens is 3. The normalized spacial score (nSPS) is 13.0. The van der Waals surface area contributed by atoms with Crippen LogP contribution in [-0.4, -0.2) is 15.0 Å². The molecule has 5 heteroatoms. The van der Waals surface area contributed by atoms with Crippen LogP contribution in [-0.2, 0) is 5.41 Å². The topological polar surface area (TPSA) is 61.0 Å². The summed E-state index contributed by atoms with van der Waals surface area (Å²) in [4.78, 5) is 15.7. The first-order valence-electron chi connectivity index (χ1n) is 24.1. The number of ether oxygens (including phenoxy) is 1. The Morgan fingerprint density at radius 2 is 0.944 bits per heavy atom. The van der Waals surface area contributed by atoms with Crippen LogP contribution in [0.3, 0.4) is 0 Å². The first kappa shape index (κ1) is 39.5. The van der Waals surface area contributed by atoms with E-state index in [0.717, 1.165) is 117 Å². The number of nitrogens with zero attached hydrogens (tertiary/aromatic N) is 3. The summed E-state index contributed by atoms with van der Waals surface area (Å²) in [6, 6.07) is 83.6. The van der Waals surface area contributed by atoms with E-state index in [-0.39, 0.29) is 0 Å². The number of furan rings is 1. The molecule has 2 aliphatic rings. The van der Waals surface area contributed by atoms with Gasteiger partial charge in [-0.2, -0.15) is 0 Å². The predicted molar refractivity (Wildman–Crippen MR) is 287 cm³/mol. The summed E-state index contributed by atoms with van der Waals surface area (Å²) in [5, 5.41) is 5.42. The predicted octanol–water partition coefficient (Wildman–Crippen LogP) is 16.9. The van der Waals surface area contributed by atoms with Crippen molar-refractivity contribution in [3.05, 3.63) is 259 Å². The minimum absolute atomic E-state index is 0.568. The second-order valence-electron chi connectivity index (χ2n) is 18.6. The first-order chi connectivity index (χ1) is 35.2. The van der Waals surface area contributed by atoms with Crippen LogP contribution >= 0.6 is 0 Å². The van der Waals surface area contributed by atoms with Gasteiger partial charge in [-0.25, -0.2) is 15.0 Å². The number of pyridine rings is 1. The van der Waals surface area contributed by atoms with E-state index in [1.807, 2.05) is 36.4 Å². The highest BCUT2D eigenvalue weighted by molar-refractivity contribution is 6.13. The van der Waals surface area contributed by atoms with Gasteiger partial charge < -0.3 is 9.15 Å². The lowest BCUT2D eigenvalue weighted by molar-refractivity contribution is 0.437. The molecular formula is C66H39N3O2. The zero-order valence-electron chi connectivity index (χ0n) is 38.2. The quantitative estimate of drug-likeness (QED) is 0.161. The molecule has 4 heterocycles. The Morgan fingerprint density at radius 3 is 1.77 bits per heavy atom. The van der Waals surface area contributed by atoms with Crippen molar-refractivity contribution >= 4 is 43.6 Å². The third-order valence-corrected chi connectivity index (χ3v) is 14.8. The molecule has 330 valence electrons. The molecule has 5 nitrogen and oxygen atoms in total. The van der Waals surface area contributed by atoms with Crippen LogP contribution < -0.4 is 4.74 Å². The second kappa shape index (κ2) is 15.3. The maximum Gasteiger partial charge on any atom is 0.160 e. The molecule has 0 saturated heterocycles. The average Bonchev–Trinajstić information content (AvgIpc) is 3.97. The summed E-state index contributed by atoms with van der Waals surface area (Å²) in [5.41, 5.74) is 18.0. The van der Waals surface area contributed by atoms with Crippen molar-refractivity contribution in [3.63, 3.8) is 0 Å². The van der Waals surface area contributed by atoms with Crippen molar-refractivity contribution in [1.82, 2.24) is 15.0 Å². The summed E-state index contributed by atoms with van der Waals surface area (Å²) in [7, 11) is 0. The number of hydrogen-bond acceptors (Lipinski definition) is 5. The fourth-order valence-corrected chi connectivity index (χ4v) is 11.6. The monoisotopic (exact) mass is 905 g/mol. The molecule has 0 radical (unpaired) electrons. The molecule has 15 rings (SSSR count). The maximum absolute atomic E-state index is 7.00. The van der Waals surface area contributed by atoms with Gasteiger partial charge in [0.15, 0.2) is 5.82 Å². The van der Waals surface area contributed by atoms with E-state index in [1.54, 1.807) is 0 Å². The summed E-state index contributed by atoms with van der Waals surface area (Å²) >= 11 is 0. The lowest BCUT2D eigenvalue weighted by Gasteiger charge is -2.39. The third-order valence-electron chi connectivity index (χ3n) is 14.8. The van der Waals surface area contributed by atoms with Crippen LogP contribution in [0.4, 0.5) is 0 Å². The molecule has 0 N–H and O–H groups in total. The van der Waals surface area contributed by atoms with Gasteiger partial charge in [0.2, 0.25) is 0 Å². The largest absolute Gasteiger partial charge is 0.457 e. The van der Waals surface area contributed by atoms with E-state index in [2.05, 4.69) is 200 Å². The van der Waals surface area contributed by atoms with Gasteiger partial charge >= 0.3 is 0 Å². The number of fused-ring (bicyclic) bond motifs is 15. The smallest absolute Gasteiger partial charge is 0.160 e. The highest BCUT2D eigenvalue weighted by Crippen LogP contribution is 2.62. The third kappa shape index (κ3) is 5.90. The van der Waals surface area contributed by atoms with E-state index in [1.165, 1.54) is 22.3 Å². The minimum atomic E-state index is -0.568. The number of benzene rings is 10. The van der Waals surface area contributed by atoms with Gasteiger partial charge in [-0.05, 0) is 87.3 Å². The molecule has 1 aliphatic carbocycles. The first-order valence-corrected chi connectivity index (χ1v) is 24.1. The van der Waals surface area contributed by atoms with Gasteiger partial charge in [0.1, 0.15) is 22.7 Å². The van der Waals surface area contributed by atoms with E-state index in [0.29, 0.717) is 5.82 Å². The Balaban J connectivity index is 0.858. The molecule has 0 amide bonds. The van der Waals surface area contributed by atoms with Gasteiger partial charge in [-0.15, -0.1) is 0 Å². The van der Waals surface area contributed by atoms with Gasteiger partial charge in [0.25, 0.3) is 0 Å². The highest BCUT2D eigenvalue weighted by Gasteiger charge is 2.51. The molecule has 71 heavy (non-hydrogen) atoms. The molecule has 10 aromatic carbocycles. The molecule has 0 fully saturated rings. The molecule has 13 aromatic rings. The Labute approximate surface area is 409 Å². The van der Waals surface area contributed by atoms with E-state index in [9.17, 15) is 0 Å². The average molecular weight is 906 g/mol. The van der Waals surface area contributed by atoms with Crippen molar-refractivity contribution in [1.29, 1.82) is 0 Å². The Bertz CT molecular complexity index is 4280. The van der Waals surface area contributed by atoms with Crippen LogP contribution in [0.2, 0.25) is 0 Å². The Morgan fingerprint density at radius 1 is 0.324 bits per heavy atom. The standard InChI is InChI=1S/C66H39N3O2/c1-2-16-42(17-3-1)65-68-58(39-59(69-65)50-25-15-24-49-48-23-7-12-30-60(48)71-64(49)50)41-34-32-40(33-35-41)43-18-14-19-44(36-43)63-52-38-62-56(37-51(52)47-22-6-11-29-57(47)67-63)66(55-28-10-13-31-61(55)70-62)53-26-8-4-20-45(53)46-21-5-9-27-54(46)66/h1-39H. The Kier molecular flexibility index (Phi) is 8.51. The molecule has 0 atom stereocenters. The summed E-state index contributed by atoms with van der Waals surface area (Å²) in [5.74, 6) is 2.36. The van der Waals surface area contributed by atoms with Crippen molar-refractivity contribution < 1.29 is 9.15 Å². The lowest BCUT2D eigenvalue weighted by Crippen LogP contribution is -2.32. The number of rotatable bonds is 5. The molecule has 0 saturated carbocycles. The summed E-state index contributed by atoms with van der Waals surface area (Å²) in [6.45, 7) is 0. The van der Waals surface area contributed by atoms with Crippen LogP contribution in [0.5, 0.6) is 11.5 Å². The zero-order valence-corrected chi connectivity index (χ0v) is 38.2. The molecular weight excluding hydrogens is 867 g/mol. The fraction of sp³-hybridized carbons (Fsp3) is 0.0152. The van der Waals surface area contributed by atoms with Crippen LogP contribution in [0, 0.1) is 0 Å². The van der Waals surface area contributed by atoms with E-state index < -0.39 is 5.41 Å².